The van der Waals surface area contributed by atoms with Crippen molar-refractivity contribution in [3.63, 3.8) is 0 Å². The van der Waals surface area contributed by atoms with Crippen LogP contribution < -0.4 is 0 Å². The van der Waals surface area contributed by atoms with Crippen molar-refractivity contribution in [2.24, 2.45) is 4.99 Å². The Kier molecular flexibility index (Phi) is 9.62. The smallest absolute Gasteiger partial charge is 0.419 e. The summed E-state index contributed by atoms with van der Waals surface area (Å²) in [5.41, 5.74) is -1.92. The van der Waals surface area contributed by atoms with E-state index in [-0.39, 0.29) is 37.7 Å². The molecule has 16 heavy (non-hydrogen) atoms. The quantitative estimate of drug-likeness (QED) is 0.376. The first-order valence-corrected chi connectivity index (χ1v) is 4.41. The van der Waals surface area contributed by atoms with E-state index in [9.17, 15) is 22.8 Å². The molecule has 0 radical (unpaired) electrons. The number of hydrogen-bond donors (Lipinski definition) is 0. The first-order valence-electron chi connectivity index (χ1n) is 3.53. The van der Waals surface area contributed by atoms with Gasteiger partial charge in [-0.25, -0.2) is 4.79 Å². The molecule has 0 unspecified atom stereocenters. The summed E-state index contributed by atoms with van der Waals surface area (Å²) in [5, 5.41) is 3.06. The van der Waals surface area contributed by atoms with Gasteiger partial charge < -0.3 is 13.4 Å². The molecular formula is C6H5F3IN2O3U-. The van der Waals surface area contributed by atoms with E-state index >= 15 is 0 Å². The minimum Gasteiger partial charge on any atom is -0.431 e. The van der Waals surface area contributed by atoms with Crippen molar-refractivity contribution in [1.82, 2.24) is 0 Å². The predicted molar refractivity (Wildman–Crippen MR) is 52.9 cm³/mol. The molecule has 0 fully saturated rings. The van der Waals surface area contributed by atoms with Gasteiger partial charge in [-0.1, -0.05) is 13.5 Å². The van der Waals surface area contributed by atoms with E-state index in [1.54, 1.807) is 0 Å². The summed E-state index contributed by atoms with van der Waals surface area (Å²) in [7, 11) is 0. The van der Waals surface area contributed by atoms with Gasteiger partial charge in [0.15, 0.2) is 29.0 Å². The van der Waals surface area contributed by atoms with Crippen molar-refractivity contribution in [3.05, 3.63) is 5.32 Å². The summed E-state index contributed by atoms with van der Waals surface area (Å²) in [5.74, 6) is -1.73. The van der Waals surface area contributed by atoms with Crippen LogP contribution in [0.1, 0.15) is 6.92 Å². The molecule has 0 atom stereocenters. The van der Waals surface area contributed by atoms with Crippen molar-refractivity contribution >= 4 is 40.7 Å². The maximum Gasteiger partial charge on any atom is 0.419 e. The van der Waals surface area contributed by atoms with Crippen molar-refractivity contribution in [2.75, 3.05) is 6.54 Å². The molecule has 0 aliphatic rings. The zero-order valence-electron chi connectivity index (χ0n) is 7.84. The topological polar surface area (TPSA) is 69.8 Å². The number of hydrogen-bond acceptors (Lipinski definition) is 3. The molecular weight excluding hydrogens is 570 g/mol. The van der Waals surface area contributed by atoms with Crippen LogP contribution in [-0.2, 0) is 7.86 Å². The number of carbonyl (C=O) groups is 2. The average Bonchev–Trinajstić information content (AvgIpc) is 2.12. The molecule has 90 valence electrons. The van der Waals surface area contributed by atoms with Gasteiger partial charge >= 0.3 is 12.1 Å². The largest absolute Gasteiger partial charge is 0.431 e. The van der Waals surface area contributed by atoms with Gasteiger partial charge in [-0.3, -0.25) is 4.79 Å². The van der Waals surface area contributed by atoms with E-state index in [1.807, 2.05) is 0 Å². The molecule has 10 heteroatoms. The fraction of sp³-hybridized carbons (Fsp3) is 0.500. The molecule has 5 nitrogen and oxygen atoms in total. The standard InChI is InChI=1S/C6H6F3IN2O3.U/c1-2-11-5(14)12-3(4(13)15-10)6(7,8)9;/h2H2,1H3,(H,11,14);/p-1. The molecule has 0 aliphatic heterocycles. The van der Waals surface area contributed by atoms with Gasteiger partial charge in [-0.15, -0.1) is 0 Å². The van der Waals surface area contributed by atoms with Crippen LogP contribution in [0.25, 0.3) is 5.32 Å². The number of amides is 2. The zero-order valence-corrected chi connectivity index (χ0v) is 14.2. The Morgan fingerprint density at radius 2 is 1.94 bits per heavy atom. The number of halogens is 4. The molecule has 0 aromatic heterocycles. The van der Waals surface area contributed by atoms with Crippen molar-refractivity contribution in [2.45, 2.75) is 13.1 Å². The third kappa shape index (κ3) is 6.70. The van der Waals surface area contributed by atoms with Crippen LogP contribution in [0, 0.1) is 31.1 Å². The summed E-state index contributed by atoms with van der Waals surface area (Å²) in [4.78, 5) is 23.8. The van der Waals surface area contributed by atoms with Crippen LogP contribution in [0.15, 0.2) is 4.99 Å². The van der Waals surface area contributed by atoms with E-state index in [1.165, 1.54) is 6.92 Å². The van der Waals surface area contributed by atoms with Gasteiger partial charge in [0, 0.05) is 31.1 Å². The Morgan fingerprint density at radius 1 is 1.44 bits per heavy atom. The van der Waals surface area contributed by atoms with E-state index < -0.39 is 23.9 Å². The Labute approximate surface area is 127 Å². The van der Waals surface area contributed by atoms with Crippen LogP contribution in [0.2, 0.25) is 0 Å². The van der Waals surface area contributed by atoms with Crippen molar-refractivity contribution in [1.29, 1.82) is 0 Å². The van der Waals surface area contributed by atoms with E-state index in [4.69, 9.17) is 0 Å². The summed E-state index contributed by atoms with van der Waals surface area (Å²) >= 11 is 0.965. The Morgan fingerprint density at radius 3 is 2.25 bits per heavy atom. The Bertz CT molecular complexity index is 295. The molecule has 0 rings (SSSR count). The van der Waals surface area contributed by atoms with Gasteiger partial charge in [0.1, 0.15) is 5.71 Å². The number of aliphatic imine (C=N–C) groups is 1. The third-order valence-corrected chi connectivity index (χ3v) is 1.43. The van der Waals surface area contributed by atoms with Gasteiger partial charge in [-0.05, 0) is 0 Å². The van der Waals surface area contributed by atoms with E-state index in [2.05, 4.69) is 13.4 Å². The van der Waals surface area contributed by atoms with Gasteiger partial charge in [0.05, 0.1) is 0 Å². The number of carbonyl (C=O) groups excluding carboxylic acids is 2. The first kappa shape index (κ1) is 18.5. The number of urea groups is 1. The molecule has 0 aromatic rings. The monoisotopic (exact) mass is 575 g/mol. The molecule has 0 aliphatic carbocycles. The van der Waals surface area contributed by atoms with Crippen LogP contribution in [0.4, 0.5) is 18.0 Å². The normalized spacial score (nSPS) is 11.4. The minimum atomic E-state index is -5.04. The molecule has 2 amide bonds. The van der Waals surface area contributed by atoms with Crippen LogP contribution >= 0.6 is 23.0 Å². The Balaban J connectivity index is 0. The van der Waals surface area contributed by atoms with Gasteiger partial charge in [0.2, 0.25) is 0 Å². The maximum absolute atomic E-state index is 12.1. The van der Waals surface area contributed by atoms with Crippen molar-refractivity contribution < 1.29 is 56.9 Å². The SMILES string of the molecule is CC[N-]C(=O)N=C(C(=O)OI)C(F)(F)F.[U]. The van der Waals surface area contributed by atoms with Crippen LogP contribution in [-0.4, -0.2) is 30.4 Å². The zero-order chi connectivity index (χ0) is 12.1. The summed E-state index contributed by atoms with van der Waals surface area (Å²) in [6, 6.07) is -1.37. The second kappa shape index (κ2) is 8.30. The molecule has 0 bridgehead atoms. The third-order valence-electron chi connectivity index (χ3n) is 1.03. The molecule has 0 aromatic carbocycles. The fourth-order valence-corrected chi connectivity index (χ4v) is 0.736. The minimum absolute atomic E-state index is 0. The summed E-state index contributed by atoms with van der Waals surface area (Å²) < 4.78 is 40.2. The van der Waals surface area contributed by atoms with Gasteiger partial charge in [-0.2, -0.15) is 13.2 Å². The number of alkyl halides is 3. The van der Waals surface area contributed by atoms with Crippen LogP contribution in [0.3, 0.4) is 0 Å². The molecule has 0 N–H and O–H groups in total. The van der Waals surface area contributed by atoms with Crippen molar-refractivity contribution in [3.8, 4) is 0 Å². The summed E-state index contributed by atoms with van der Waals surface area (Å²) in [6.45, 7) is 1.42. The average molecular weight is 575 g/mol. The Hall–Kier alpha value is 0.182. The van der Waals surface area contributed by atoms with E-state index in [0.717, 1.165) is 23.0 Å². The van der Waals surface area contributed by atoms with Crippen LogP contribution in [0.5, 0.6) is 0 Å². The molecule has 0 spiro atoms. The van der Waals surface area contributed by atoms with E-state index in [0.29, 0.717) is 0 Å². The predicted octanol–water partition coefficient (Wildman–Crippen LogP) is 2.40. The second-order valence-corrected chi connectivity index (χ2v) is 2.52. The molecule has 0 saturated heterocycles. The fourth-order valence-electron chi connectivity index (χ4n) is 0.528. The van der Waals surface area contributed by atoms with Gasteiger partial charge in [0.25, 0.3) is 0 Å². The number of nitrogens with zero attached hydrogens (tertiary/aromatic N) is 2. The second-order valence-electron chi connectivity index (χ2n) is 2.08. The first-order chi connectivity index (χ1) is 6.82. The maximum atomic E-state index is 12.1. The molecule has 0 saturated carbocycles. The molecule has 0 heterocycles. The summed E-state index contributed by atoms with van der Waals surface area (Å²) in [6.07, 6.45) is -5.04. The number of rotatable bonds is 2.